The number of aromatic hydroxyl groups is 2. The number of phenolic OH excluding ortho intramolecular Hbond substituents is 2. The lowest BCUT2D eigenvalue weighted by Gasteiger charge is -2.27. The van der Waals surface area contributed by atoms with Crippen molar-refractivity contribution in [3.63, 3.8) is 0 Å². The van der Waals surface area contributed by atoms with Crippen molar-refractivity contribution in [3.05, 3.63) is 23.8 Å². The van der Waals surface area contributed by atoms with Gasteiger partial charge in [-0.15, -0.1) is 0 Å². The van der Waals surface area contributed by atoms with Crippen LogP contribution in [0.4, 0.5) is 0 Å². The second-order valence-electron chi connectivity index (χ2n) is 5.06. The Bertz CT molecular complexity index is 396. The van der Waals surface area contributed by atoms with Gasteiger partial charge >= 0.3 is 0 Å². The van der Waals surface area contributed by atoms with Gasteiger partial charge in [-0.25, -0.2) is 0 Å². The molecule has 0 bridgehead atoms. The first-order chi connectivity index (χ1) is 8.99. The highest BCUT2D eigenvalue weighted by molar-refractivity contribution is 5.41. The SMILES string of the molecule is CNCC(N[C@@H](CO)C(C)C)c1ccc(O)c(O)c1. The monoisotopic (exact) mass is 268 g/mol. The lowest BCUT2D eigenvalue weighted by Crippen LogP contribution is -2.42. The third-order valence-electron chi connectivity index (χ3n) is 3.23. The van der Waals surface area contributed by atoms with Gasteiger partial charge in [0.1, 0.15) is 0 Å². The molecular formula is C14H24N2O3. The van der Waals surface area contributed by atoms with Gasteiger partial charge in [-0.05, 0) is 30.7 Å². The van der Waals surface area contributed by atoms with Gasteiger partial charge in [-0.3, -0.25) is 0 Å². The van der Waals surface area contributed by atoms with Gasteiger partial charge in [-0.1, -0.05) is 19.9 Å². The molecule has 0 aliphatic heterocycles. The van der Waals surface area contributed by atoms with Gasteiger partial charge in [0.05, 0.1) is 6.61 Å². The molecule has 0 fully saturated rings. The number of nitrogens with one attached hydrogen (secondary N) is 2. The molecule has 2 atom stereocenters. The van der Waals surface area contributed by atoms with Crippen LogP contribution < -0.4 is 10.6 Å². The van der Waals surface area contributed by atoms with E-state index in [0.29, 0.717) is 12.5 Å². The Morgan fingerprint density at radius 1 is 1.16 bits per heavy atom. The zero-order valence-corrected chi connectivity index (χ0v) is 11.7. The van der Waals surface area contributed by atoms with Gasteiger partial charge in [-0.2, -0.15) is 0 Å². The van der Waals surface area contributed by atoms with Crippen LogP contribution in [-0.4, -0.2) is 41.6 Å². The Hall–Kier alpha value is -1.30. The van der Waals surface area contributed by atoms with E-state index in [1.807, 2.05) is 20.9 Å². The van der Waals surface area contributed by atoms with E-state index in [0.717, 1.165) is 5.56 Å². The predicted molar refractivity (Wildman–Crippen MR) is 75.3 cm³/mol. The predicted octanol–water partition coefficient (Wildman–Crippen LogP) is 0.965. The fourth-order valence-electron chi connectivity index (χ4n) is 1.95. The smallest absolute Gasteiger partial charge is 0.157 e. The first kappa shape index (κ1) is 15.8. The standard InChI is InChI=1S/C14H24N2O3/c1-9(2)12(8-17)16-11(7-15-3)10-4-5-13(18)14(19)6-10/h4-6,9,11-12,15-19H,7-8H2,1-3H3/t11?,12-/m0/s1. The highest BCUT2D eigenvalue weighted by atomic mass is 16.3. The summed E-state index contributed by atoms with van der Waals surface area (Å²) in [6, 6.07) is 4.71. The van der Waals surface area contributed by atoms with Crippen LogP contribution >= 0.6 is 0 Å². The van der Waals surface area contributed by atoms with Crippen LogP contribution in [0.5, 0.6) is 11.5 Å². The summed E-state index contributed by atoms with van der Waals surface area (Å²) >= 11 is 0. The van der Waals surface area contributed by atoms with Gasteiger partial charge in [0, 0.05) is 18.6 Å². The number of hydrogen-bond donors (Lipinski definition) is 5. The Kier molecular flexibility index (Phi) is 6.08. The summed E-state index contributed by atoms with van der Waals surface area (Å²) in [7, 11) is 1.85. The lowest BCUT2D eigenvalue weighted by atomic mass is 10.0. The van der Waals surface area contributed by atoms with Crippen LogP contribution in [0, 0.1) is 5.92 Å². The van der Waals surface area contributed by atoms with E-state index in [9.17, 15) is 15.3 Å². The quantitative estimate of drug-likeness (QED) is 0.476. The molecule has 0 amide bonds. The summed E-state index contributed by atoms with van der Waals surface area (Å²) in [6.07, 6.45) is 0. The number of aliphatic hydroxyl groups is 1. The highest BCUT2D eigenvalue weighted by Gasteiger charge is 2.19. The average Bonchev–Trinajstić information content (AvgIpc) is 2.37. The summed E-state index contributed by atoms with van der Waals surface area (Å²) in [5.41, 5.74) is 0.865. The molecule has 1 aromatic carbocycles. The molecule has 5 nitrogen and oxygen atoms in total. The number of likely N-dealkylation sites (N-methyl/N-ethyl adjacent to an activating group) is 1. The molecular weight excluding hydrogens is 244 g/mol. The maximum atomic E-state index is 9.57. The van der Waals surface area contributed by atoms with E-state index in [2.05, 4.69) is 10.6 Å². The average molecular weight is 268 g/mol. The molecule has 1 unspecified atom stereocenters. The number of rotatable bonds is 7. The zero-order chi connectivity index (χ0) is 14.4. The summed E-state index contributed by atoms with van der Waals surface area (Å²) in [6.45, 7) is 4.80. The normalized spacial score (nSPS) is 14.6. The van der Waals surface area contributed by atoms with Crippen LogP contribution in [0.3, 0.4) is 0 Å². The minimum atomic E-state index is -0.134. The summed E-state index contributed by atoms with van der Waals surface area (Å²) in [5, 5.41) is 34.7. The maximum absolute atomic E-state index is 9.57. The van der Waals surface area contributed by atoms with Crippen LogP contribution in [-0.2, 0) is 0 Å². The molecule has 0 spiro atoms. The Balaban J connectivity index is 2.89. The molecule has 0 aromatic heterocycles. The van der Waals surface area contributed by atoms with Crippen molar-refractivity contribution >= 4 is 0 Å². The number of phenols is 2. The van der Waals surface area contributed by atoms with Crippen LogP contribution in [0.25, 0.3) is 0 Å². The lowest BCUT2D eigenvalue weighted by molar-refractivity contribution is 0.198. The minimum Gasteiger partial charge on any atom is -0.504 e. The van der Waals surface area contributed by atoms with Crippen molar-refractivity contribution < 1.29 is 15.3 Å². The molecule has 5 heteroatoms. The topological polar surface area (TPSA) is 84.8 Å². The summed E-state index contributed by atoms with van der Waals surface area (Å²) in [4.78, 5) is 0. The van der Waals surface area contributed by atoms with E-state index < -0.39 is 0 Å². The molecule has 19 heavy (non-hydrogen) atoms. The molecule has 0 aliphatic rings. The van der Waals surface area contributed by atoms with Crippen molar-refractivity contribution in [1.29, 1.82) is 0 Å². The van der Waals surface area contributed by atoms with Crippen molar-refractivity contribution in [2.24, 2.45) is 5.92 Å². The van der Waals surface area contributed by atoms with E-state index in [1.54, 1.807) is 12.1 Å². The molecule has 108 valence electrons. The maximum Gasteiger partial charge on any atom is 0.157 e. The van der Waals surface area contributed by atoms with Gasteiger partial charge in [0.25, 0.3) is 0 Å². The first-order valence-corrected chi connectivity index (χ1v) is 6.53. The molecule has 0 saturated heterocycles. The van der Waals surface area contributed by atoms with Crippen LogP contribution in [0.15, 0.2) is 18.2 Å². The van der Waals surface area contributed by atoms with Crippen LogP contribution in [0.2, 0.25) is 0 Å². The Morgan fingerprint density at radius 2 is 1.84 bits per heavy atom. The summed E-state index contributed by atoms with van der Waals surface area (Å²) in [5.74, 6) is 0.0371. The fourth-order valence-corrected chi connectivity index (χ4v) is 1.95. The highest BCUT2D eigenvalue weighted by Crippen LogP contribution is 2.28. The summed E-state index contributed by atoms with van der Waals surface area (Å²) < 4.78 is 0. The number of hydrogen-bond acceptors (Lipinski definition) is 5. The molecule has 0 radical (unpaired) electrons. The molecule has 1 aromatic rings. The van der Waals surface area contributed by atoms with Crippen molar-refractivity contribution in [1.82, 2.24) is 10.6 Å². The van der Waals surface area contributed by atoms with Crippen LogP contribution in [0.1, 0.15) is 25.5 Å². The van der Waals surface area contributed by atoms with E-state index in [1.165, 1.54) is 6.07 Å². The molecule has 5 N–H and O–H groups in total. The van der Waals surface area contributed by atoms with E-state index in [-0.39, 0.29) is 30.2 Å². The largest absolute Gasteiger partial charge is 0.504 e. The van der Waals surface area contributed by atoms with E-state index in [4.69, 9.17) is 0 Å². The minimum absolute atomic E-state index is 0.0192. The van der Waals surface area contributed by atoms with Gasteiger partial charge < -0.3 is 26.0 Å². The zero-order valence-electron chi connectivity index (χ0n) is 11.7. The van der Waals surface area contributed by atoms with Crippen molar-refractivity contribution in [3.8, 4) is 11.5 Å². The molecule has 1 rings (SSSR count). The van der Waals surface area contributed by atoms with Gasteiger partial charge in [0.15, 0.2) is 11.5 Å². The first-order valence-electron chi connectivity index (χ1n) is 6.53. The second-order valence-corrected chi connectivity index (χ2v) is 5.06. The molecule has 0 heterocycles. The van der Waals surface area contributed by atoms with Crippen molar-refractivity contribution in [2.45, 2.75) is 25.9 Å². The fraction of sp³-hybridized carbons (Fsp3) is 0.571. The Morgan fingerprint density at radius 3 is 2.32 bits per heavy atom. The van der Waals surface area contributed by atoms with Crippen molar-refractivity contribution in [2.75, 3.05) is 20.2 Å². The second kappa shape index (κ2) is 7.33. The van der Waals surface area contributed by atoms with Gasteiger partial charge in [0.2, 0.25) is 0 Å². The third kappa shape index (κ3) is 4.38. The third-order valence-corrected chi connectivity index (χ3v) is 3.23. The molecule has 0 saturated carbocycles. The van der Waals surface area contributed by atoms with E-state index >= 15 is 0 Å². The number of aliphatic hydroxyl groups excluding tert-OH is 1. The molecule has 0 aliphatic carbocycles. The Labute approximate surface area is 114 Å². The number of benzene rings is 1.